The highest BCUT2D eigenvalue weighted by Crippen LogP contribution is 2.20. The molecule has 1 saturated heterocycles. The Balaban J connectivity index is 1.88. The molecule has 0 aromatic carbocycles. The Bertz CT molecular complexity index is 523. The molecule has 0 bridgehead atoms. The number of sulfonamides is 1. The number of nitrogens with zero attached hydrogens (tertiary/aromatic N) is 2. The van der Waals surface area contributed by atoms with Gasteiger partial charge in [0.1, 0.15) is 0 Å². The topological polar surface area (TPSA) is 87.6 Å². The second-order valence-electron chi connectivity index (χ2n) is 4.24. The number of pyridine rings is 1. The molecular formula is C11H14N2O4S. The summed E-state index contributed by atoms with van der Waals surface area (Å²) in [4.78, 5) is 14.7. The highest BCUT2D eigenvalue weighted by molar-refractivity contribution is 7.89. The fourth-order valence-corrected chi connectivity index (χ4v) is 3.27. The molecule has 6 nitrogen and oxygen atoms in total. The van der Waals surface area contributed by atoms with E-state index in [0.29, 0.717) is 6.42 Å². The summed E-state index contributed by atoms with van der Waals surface area (Å²) < 4.78 is 24.9. The van der Waals surface area contributed by atoms with Gasteiger partial charge in [-0.15, -0.1) is 0 Å². The number of hydrogen-bond donors (Lipinski definition) is 1. The molecule has 0 unspecified atom stereocenters. The van der Waals surface area contributed by atoms with Crippen LogP contribution in [0.5, 0.6) is 0 Å². The fraction of sp³-hybridized carbons (Fsp3) is 0.455. The van der Waals surface area contributed by atoms with Crippen LogP contribution >= 0.6 is 0 Å². The van der Waals surface area contributed by atoms with Gasteiger partial charge in [0.2, 0.25) is 10.0 Å². The van der Waals surface area contributed by atoms with Gasteiger partial charge in [0.05, 0.1) is 11.7 Å². The van der Waals surface area contributed by atoms with Crippen molar-refractivity contribution in [3.63, 3.8) is 0 Å². The van der Waals surface area contributed by atoms with Crippen molar-refractivity contribution < 1.29 is 18.3 Å². The molecule has 1 N–H and O–H groups in total. The van der Waals surface area contributed by atoms with Gasteiger partial charge in [0.25, 0.3) is 0 Å². The largest absolute Gasteiger partial charge is 0.481 e. The normalized spacial score (nSPS) is 17.3. The molecule has 98 valence electrons. The Labute approximate surface area is 105 Å². The Morgan fingerprint density at radius 2 is 2.17 bits per heavy atom. The van der Waals surface area contributed by atoms with Crippen LogP contribution in [0.3, 0.4) is 0 Å². The molecule has 0 atom stereocenters. The molecule has 7 heteroatoms. The van der Waals surface area contributed by atoms with Gasteiger partial charge in [-0.05, 0) is 12.1 Å². The average Bonchev–Trinajstić information content (AvgIpc) is 2.25. The Hall–Kier alpha value is -1.47. The first-order chi connectivity index (χ1) is 8.49. The number of carboxylic acids is 1. The summed E-state index contributed by atoms with van der Waals surface area (Å²) in [5.41, 5.74) is 0.719. The third kappa shape index (κ3) is 2.85. The first-order valence-corrected chi connectivity index (χ1v) is 7.20. The van der Waals surface area contributed by atoms with Crippen molar-refractivity contribution in [3.8, 4) is 0 Å². The zero-order chi connectivity index (χ0) is 13.2. The number of aliphatic carboxylic acids is 1. The van der Waals surface area contributed by atoms with Gasteiger partial charge >= 0.3 is 5.97 Å². The number of carbonyl (C=O) groups is 1. The van der Waals surface area contributed by atoms with E-state index in [-0.39, 0.29) is 18.8 Å². The molecule has 0 amide bonds. The van der Waals surface area contributed by atoms with Crippen molar-refractivity contribution in [2.24, 2.45) is 5.92 Å². The van der Waals surface area contributed by atoms with E-state index in [4.69, 9.17) is 5.11 Å². The zero-order valence-corrected chi connectivity index (χ0v) is 10.5. The first-order valence-electron chi connectivity index (χ1n) is 5.59. The van der Waals surface area contributed by atoms with Gasteiger partial charge in [-0.1, -0.05) is 6.07 Å². The highest BCUT2D eigenvalue weighted by Gasteiger charge is 2.39. The van der Waals surface area contributed by atoms with Gasteiger partial charge in [0, 0.05) is 31.4 Å². The molecule has 2 heterocycles. The minimum atomic E-state index is -3.36. The molecule has 0 aliphatic carbocycles. The second-order valence-corrected chi connectivity index (χ2v) is 6.33. The van der Waals surface area contributed by atoms with Crippen LogP contribution in [0.4, 0.5) is 0 Å². The smallest absolute Gasteiger partial charge is 0.309 e. The maximum Gasteiger partial charge on any atom is 0.309 e. The molecule has 0 saturated carbocycles. The van der Waals surface area contributed by atoms with Crippen LogP contribution < -0.4 is 0 Å². The summed E-state index contributed by atoms with van der Waals surface area (Å²) in [6, 6.07) is 5.34. The molecule has 0 radical (unpaired) electrons. The molecule has 1 aliphatic rings. The molecular weight excluding hydrogens is 256 g/mol. The number of aryl methyl sites for hydroxylation is 1. The summed E-state index contributed by atoms with van der Waals surface area (Å²) in [5.74, 6) is -1.53. The lowest BCUT2D eigenvalue weighted by atomic mass is 10.0. The van der Waals surface area contributed by atoms with E-state index in [1.807, 2.05) is 0 Å². The summed E-state index contributed by atoms with van der Waals surface area (Å²) in [6.45, 7) is 0.166. The van der Waals surface area contributed by atoms with Crippen molar-refractivity contribution >= 4 is 16.0 Å². The predicted molar refractivity (Wildman–Crippen MR) is 64.4 cm³/mol. The summed E-state index contributed by atoms with van der Waals surface area (Å²) in [5, 5.41) is 8.69. The van der Waals surface area contributed by atoms with Gasteiger partial charge in [-0.25, -0.2) is 12.7 Å². The number of rotatable bonds is 5. The summed E-state index contributed by atoms with van der Waals surface area (Å²) in [6.07, 6.45) is 1.96. The third-order valence-corrected chi connectivity index (χ3v) is 4.74. The van der Waals surface area contributed by atoms with E-state index >= 15 is 0 Å². The lowest BCUT2D eigenvalue weighted by Crippen LogP contribution is -2.53. The standard InChI is InChI=1S/C11H14N2O4S/c14-11(15)9-7-13(8-9)18(16,17)6-4-10-3-1-2-5-12-10/h1-3,5,9H,4,6-8H2,(H,14,15). The van der Waals surface area contributed by atoms with E-state index in [2.05, 4.69) is 4.98 Å². The molecule has 1 aromatic heterocycles. The minimum absolute atomic E-state index is 0.0314. The number of hydrogen-bond acceptors (Lipinski definition) is 4. The van der Waals surface area contributed by atoms with Crippen LogP contribution in [0.1, 0.15) is 5.69 Å². The second kappa shape index (κ2) is 5.03. The van der Waals surface area contributed by atoms with Crippen molar-refractivity contribution in [1.82, 2.24) is 9.29 Å². The van der Waals surface area contributed by atoms with Crippen molar-refractivity contribution in [1.29, 1.82) is 0 Å². The average molecular weight is 270 g/mol. The van der Waals surface area contributed by atoms with Gasteiger partial charge in [-0.3, -0.25) is 9.78 Å². The van der Waals surface area contributed by atoms with Crippen molar-refractivity contribution in [3.05, 3.63) is 30.1 Å². The summed E-state index contributed by atoms with van der Waals surface area (Å²) in [7, 11) is -3.36. The van der Waals surface area contributed by atoms with Crippen LogP contribution in [-0.4, -0.2) is 47.6 Å². The zero-order valence-electron chi connectivity index (χ0n) is 9.69. The molecule has 1 aromatic rings. The molecule has 1 fully saturated rings. The van der Waals surface area contributed by atoms with E-state index < -0.39 is 21.9 Å². The van der Waals surface area contributed by atoms with Crippen LogP contribution in [0.15, 0.2) is 24.4 Å². The third-order valence-electron chi connectivity index (χ3n) is 2.93. The predicted octanol–water partition coefficient (Wildman–Crippen LogP) is -0.0297. The van der Waals surface area contributed by atoms with Crippen LogP contribution in [0.2, 0.25) is 0 Å². The van der Waals surface area contributed by atoms with E-state index in [1.165, 1.54) is 4.31 Å². The molecule has 0 spiro atoms. The van der Waals surface area contributed by atoms with E-state index in [0.717, 1.165) is 5.69 Å². The number of carboxylic acid groups (broad SMARTS) is 1. The van der Waals surface area contributed by atoms with Crippen molar-refractivity contribution in [2.75, 3.05) is 18.8 Å². The maximum absolute atomic E-state index is 11.9. The quantitative estimate of drug-likeness (QED) is 0.811. The maximum atomic E-state index is 11.9. The lowest BCUT2D eigenvalue weighted by Gasteiger charge is -2.35. The molecule has 1 aliphatic heterocycles. The monoisotopic (exact) mass is 270 g/mol. The fourth-order valence-electron chi connectivity index (χ4n) is 1.73. The van der Waals surface area contributed by atoms with E-state index in [9.17, 15) is 13.2 Å². The van der Waals surface area contributed by atoms with E-state index in [1.54, 1.807) is 24.4 Å². The SMILES string of the molecule is O=C(O)C1CN(S(=O)(=O)CCc2ccccn2)C1. The van der Waals surface area contributed by atoms with Crippen LogP contribution in [-0.2, 0) is 21.2 Å². The first kappa shape index (κ1) is 13.0. The molecule has 18 heavy (non-hydrogen) atoms. The Morgan fingerprint density at radius 3 is 2.72 bits per heavy atom. The Morgan fingerprint density at radius 1 is 1.44 bits per heavy atom. The van der Waals surface area contributed by atoms with Crippen molar-refractivity contribution in [2.45, 2.75) is 6.42 Å². The van der Waals surface area contributed by atoms with Crippen LogP contribution in [0.25, 0.3) is 0 Å². The Kier molecular flexibility index (Phi) is 3.63. The highest BCUT2D eigenvalue weighted by atomic mass is 32.2. The van der Waals surface area contributed by atoms with Crippen LogP contribution in [0, 0.1) is 5.92 Å². The minimum Gasteiger partial charge on any atom is -0.481 e. The lowest BCUT2D eigenvalue weighted by molar-refractivity contribution is -0.145. The number of aromatic nitrogens is 1. The van der Waals surface area contributed by atoms with Gasteiger partial charge < -0.3 is 5.11 Å². The summed E-state index contributed by atoms with van der Waals surface area (Å²) >= 11 is 0. The van der Waals surface area contributed by atoms with Gasteiger partial charge in [-0.2, -0.15) is 0 Å². The van der Waals surface area contributed by atoms with Gasteiger partial charge in [0.15, 0.2) is 0 Å². The molecule has 2 rings (SSSR count).